The summed E-state index contributed by atoms with van der Waals surface area (Å²) in [6, 6.07) is 0. The maximum atomic E-state index is 8.26. The number of rotatable bonds is 6. The van der Waals surface area contributed by atoms with Gasteiger partial charge in [-0.1, -0.05) is 0 Å². The summed E-state index contributed by atoms with van der Waals surface area (Å²) >= 11 is 0. The summed E-state index contributed by atoms with van der Waals surface area (Å²) in [5.74, 6) is 0. The quantitative estimate of drug-likeness (QED) is 0.369. The van der Waals surface area contributed by atoms with E-state index in [9.17, 15) is 0 Å². The third-order valence-electron chi connectivity index (χ3n) is 0.911. The molecule has 5 N–H and O–H groups in total. The summed E-state index contributed by atoms with van der Waals surface area (Å²) in [5.41, 5.74) is 5.21. The van der Waals surface area contributed by atoms with Gasteiger partial charge in [0.25, 0.3) is 0 Å². The van der Waals surface area contributed by atoms with Gasteiger partial charge in [-0.15, -0.1) is 37.2 Å². The van der Waals surface area contributed by atoms with Gasteiger partial charge in [-0.25, -0.2) is 0 Å². The van der Waals surface area contributed by atoms with E-state index in [0.717, 1.165) is 19.6 Å². The number of aliphatic hydroxyl groups is 1. The standard InChI is InChI=1S/C5H15N3O.3ClH/c6-1-2-7-3-4-8-5-9;;;/h7-9H,1-6H2;3*1H. The number of hydrogen-bond acceptors (Lipinski definition) is 4. The third-order valence-corrected chi connectivity index (χ3v) is 0.911. The first-order chi connectivity index (χ1) is 4.41. The molecule has 0 aromatic rings. The van der Waals surface area contributed by atoms with Gasteiger partial charge in [-0.05, 0) is 0 Å². The average Bonchev–Trinajstić information content (AvgIpc) is 1.89. The maximum absolute atomic E-state index is 8.26. The molecule has 12 heavy (non-hydrogen) atoms. The monoisotopic (exact) mass is 241 g/mol. The second-order valence-corrected chi connectivity index (χ2v) is 1.70. The van der Waals surface area contributed by atoms with Crippen molar-refractivity contribution in [3.05, 3.63) is 0 Å². The van der Waals surface area contributed by atoms with Crippen molar-refractivity contribution < 1.29 is 5.11 Å². The number of aliphatic hydroxyl groups excluding tert-OH is 1. The van der Waals surface area contributed by atoms with Crippen LogP contribution in [0.15, 0.2) is 0 Å². The minimum Gasteiger partial charge on any atom is -0.381 e. The van der Waals surface area contributed by atoms with Crippen LogP contribution in [-0.4, -0.2) is 38.0 Å². The second kappa shape index (κ2) is 22.6. The highest BCUT2D eigenvalue weighted by molar-refractivity contribution is 5.86. The molecule has 0 aliphatic heterocycles. The van der Waals surface area contributed by atoms with Crippen LogP contribution in [0.1, 0.15) is 0 Å². The zero-order valence-electron chi connectivity index (χ0n) is 6.78. The van der Waals surface area contributed by atoms with Gasteiger partial charge in [-0.2, -0.15) is 0 Å². The Kier molecular flexibility index (Phi) is 43.3. The van der Waals surface area contributed by atoms with E-state index in [4.69, 9.17) is 10.8 Å². The lowest BCUT2D eigenvalue weighted by Gasteiger charge is -2.01. The molecule has 4 nitrogen and oxygen atoms in total. The summed E-state index contributed by atoms with van der Waals surface area (Å²) in [6.07, 6.45) is 0. The Balaban J connectivity index is -0.000000107. The van der Waals surface area contributed by atoms with E-state index in [1.807, 2.05) is 0 Å². The van der Waals surface area contributed by atoms with E-state index >= 15 is 0 Å². The molecular formula is C5H18Cl3N3O. The van der Waals surface area contributed by atoms with Crippen LogP contribution in [-0.2, 0) is 0 Å². The van der Waals surface area contributed by atoms with Crippen molar-refractivity contribution in [2.75, 3.05) is 32.9 Å². The molecule has 0 amide bonds. The zero-order valence-corrected chi connectivity index (χ0v) is 9.23. The van der Waals surface area contributed by atoms with Crippen LogP contribution in [0.25, 0.3) is 0 Å². The highest BCUT2D eigenvalue weighted by atomic mass is 35.5. The lowest BCUT2D eigenvalue weighted by atomic mass is 10.5. The molecule has 0 rings (SSSR count). The first-order valence-electron chi connectivity index (χ1n) is 3.14. The topological polar surface area (TPSA) is 70.3 Å². The molecule has 0 bridgehead atoms. The fourth-order valence-electron chi connectivity index (χ4n) is 0.483. The molecule has 80 valence electrons. The van der Waals surface area contributed by atoms with Crippen molar-refractivity contribution in [2.24, 2.45) is 5.73 Å². The first-order valence-corrected chi connectivity index (χ1v) is 3.14. The largest absolute Gasteiger partial charge is 0.381 e. The molecule has 0 aliphatic rings. The van der Waals surface area contributed by atoms with Gasteiger partial charge in [0, 0.05) is 26.2 Å². The van der Waals surface area contributed by atoms with Crippen LogP contribution in [0, 0.1) is 0 Å². The van der Waals surface area contributed by atoms with E-state index in [2.05, 4.69) is 10.6 Å². The summed E-state index contributed by atoms with van der Waals surface area (Å²) in [4.78, 5) is 0. The van der Waals surface area contributed by atoms with Gasteiger partial charge in [-0.3, -0.25) is 5.32 Å². The molecule has 0 spiro atoms. The fraction of sp³-hybridized carbons (Fsp3) is 1.00. The number of hydrogen-bond donors (Lipinski definition) is 4. The van der Waals surface area contributed by atoms with Gasteiger partial charge in [0.05, 0.1) is 6.73 Å². The van der Waals surface area contributed by atoms with Crippen molar-refractivity contribution in [3.63, 3.8) is 0 Å². The molecule has 0 atom stereocenters. The van der Waals surface area contributed by atoms with Crippen LogP contribution >= 0.6 is 37.2 Å². The predicted octanol–water partition coefficient (Wildman–Crippen LogP) is -0.661. The van der Waals surface area contributed by atoms with Crippen molar-refractivity contribution >= 4 is 37.2 Å². The lowest BCUT2D eigenvalue weighted by Crippen LogP contribution is -2.30. The second-order valence-electron chi connectivity index (χ2n) is 1.70. The first kappa shape index (κ1) is 23.0. The minimum absolute atomic E-state index is 0. The van der Waals surface area contributed by atoms with Gasteiger partial charge in [0.2, 0.25) is 0 Å². The Morgan fingerprint density at radius 3 is 1.83 bits per heavy atom. The van der Waals surface area contributed by atoms with E-state index in [1.54, 1.807) is 0 Å². The molecule has 0 fully saturated rings. The molecule has 7 heteroatoms. The van der Waals surface area contributed by atoms with E-state index in [0.29, 0.717) is 6.54 Å². The molecule has 0 radical (unpaired) electrons. The smallest absolute Gasteiger partial charge is 0.0931 e. The normalized spacial score (nSPS) is 7.50. The van der Waals surface area contributed by atoms with Crippen LogP contribution in [0.3, 0.4) is 0 Å². The van der Waals surface area contributed by atoms with Crippen molar-refractivity contribution in [2.45, 2.75) is 0 Å². The summed E-state index contributed by atoms with van der Waals surface area (Å²) < 4.78 is 0. The third kappa shape index (κ3) is 22.4. The molecule has 0 saturated carbocycles. The Labute approximate surface area is 91.9 Å². The summed E-state index contributed by atoms with van der Waals surface area (Å²) in [5, 5.41) is 14.1. The molecule has 0 heterocycles. The Morgan fingerprint density at radius 2 is 1.42 bits per heavy atom. The number of halogens is 3. The fourth-order valence-corrected chi connectivity index (χ4v) is 0.483. The van der Waals surface area contributed by atoms with E-state index in [1.165, 1.54) is 0 Å². The molecular weight excluding hydrogens is 224 g/mol. The van der Waals surface area contributed by atoms with Crippen LogP contribution in [0.4, 0.5) is 0 Å². The van der Waals surface area contributed by atoms with Gasteiger partial charge >= 0.3 is 0 Å². The van der Waals surface area contributed by atoms with Gasteiger partial charge < -0.3 is 16.2 Å². The van der Waals surface area contributed by atoms with Gasteiger partial charge in [0.15, 0.2) is 0 Å². The molecule has 0 saturated heterocycles. The van der Waals surface area contributed by atoms with Crippen molar-refractivity contribution in [1.82, 2.24) is 10.6 Å². The zero-order chi connectivity index (χ0) is 6.95. The predicted molar refractivity (Wildman–Crippen MR) is 58.8 cm³/mol. The number of nitrogens with two attached hydrogens (primary N) is 1. The van der Waals surface area contributed by atoms with Crippen molar-refractivity contribution in [3.8, 4) is 0 Å². The molecule has 0 aromatic heterocycles. The lowest BCUT2D eigenvalue weighted by molar-refractivity contribution is 0.261. The van der Waals surface area contributed by atoms with Crippen LogP contribution in [0.5, 0.6) is 0 Å². The van der Waals surface area contributed by atoms with Gasteiger partial charge in [0.1, 0.15) is 0 Å². The maximum Gasteiger partial charge on any atom is 0.0931 e. The molecule has 0 aliphatic carbocycles. The minimum atomic E-state index is 0. The summed E-state index contributed by atoms with van der Waals surface area (Å²) in [6.45, 7) is 3.20. The Bertz CT molecular complexity index is 55.2. The highest BCUT2D eigenvalue weighted by Gasteiger charge is 1.82. The van der Waals surface area contributed by atoms with Crippen molar-refractivity contribution in [1.29, 1.82) is 0 Å². The van der Waals surface area contributed by atoms with Crippen LogP contribution in [0.2, 0.25) is 0 Å². The summed E-state index contributed by atoms with van der Waals surface area (Å²) in [7, 11) is 0. The highest BCUT2D eigenvalue weighted by Crippen LogP contribution is 1.55. The SMILES string of the molecule is Cl.Cl.Cl.NCCNCCNCO. The van der Waals surface area contributed by atoms with Crippen LogP contribution < -0.4 is 16.4 Å². The molecule has 0 aromatic carbocycles. The Hall–Kier alpha value is 0.710. The number of nitrogens with one attached hydrogen (secondary N) is 2. The molecule has 0 unspecified atom stereocenters. The Morgan fingerprint density at radius 1 is 0.917 bits per heavy atom. The average molecular weight is 243 g/mol. The van der Waals surface area contributed by atoms with E-state index < -0.39 is 0 Å². The van der Waals surface area contributed by atoms with E-state index in [-0.39, 0.29) is 44.0 Å².